The highest BCUT2D eigenvalue weighted by Gasteiger charge is 2.48. The molecule has 1 rings (SSSR count). The van der Waals surface area contributed by atoms with Crippen molar-refractivity contribution in [3.63, 3.8) is 0 Å². The van der Waals surface area contributed by atoms with Gasteiger partial charge in [0.05, 0.1) is 39.6 Å². The summed E-state index contributed by atoms with van der Waals surface area (Å²) in [5.41, 5.74) is -0.864. The van der Waals surface area contributed by atoms with E-state index in [2.05, 4.69) is 20.5 Å². The number of Topliss-reactive ketones (excluding diaryl/α,β-unsaturated/α-hetero) is 2. The van der Waals surface area contributed by atoms with Crippen LogP contribution in [0.15, 0.2) is 0 Å². The topological polar surface area (TPSA) is 210 Å². The zero-order valence-corrected chi connectivity index (χ0v) is 26.2. The maximum atomic E-state index is 12.9. The third-order valence-electron chi connectivity index (χ3n) is 5.69. The van der Waals surface area contributed by atoms with Crippen LogP contribution < -0.4 is 15.7 Å². The van der Waals surface area contributed by atoms with Crippen LogP contribution in [0.4, 0.5) is 0 Å². The number of methoxy groups -OCH3 is 1. The Kier molecular flexibility index (Phi) is 16.1. The SMILES string of the molecule is CCOC(=O)CCC(=O)CC(=O)CC(=O)SCCNC(=O)CCNC(=O)[C@@H]1OP(=O)(N[C@@H](C)C(=O)OC)OCC1(C)C. The van der Waals surface area contributed by atoms with Gasteiger partial charge in [0, 0.05) is 37.1 Å². The van der Waals surface area contributed by atoms with Gasteiger partial charge in [0.25, 0.3) is 0 Å². The highest BCUT2D eigenvalue weighted by Crippen LogP contribution is 2.53. The van der Waals surface area contributed by atoms with Crippen molar-refractivity contribution in [3.8, 4) is 0 Å². The number of carbonyl (C=O) groups is 7. The lowest BCUT2D eigenvalue weighted by molar-refractivity contribution is -0.144. The lowest BCUT2D eigenvalue weighted by Crippen LogP contribution is -2.51. The fourth-order valence-corrected chi connectivity index (χ4v) is 6.10. The Morgan fingerprint density at radius 1 is 1.00 bits per heavy atom. The van der Waals surface area contributed by atoms with Crippen LogP contribution >= 0.6 is 19.5 Å². The first-order chi connectivity index (χ1) is 19.6. The van der Waals surface area contributed by atoms with E-state index in [4.69, 9.17) is 13.8 Å². The molecule has 42 heavy (non-hydrogen) atoms. The number of esters is 2. The van der Waals surface area contributed by atoms with E-state index in [1.807, 2.05) is 0 Å². The summed E-state index contributed by atoms with van der Waals surface area (Å²) in [6.07, 6.45) is -2.42. The van der Waals surface area contributed by atoms with Crippen LogP contribution in [0, 0.1) is 5.41 Å². The Bertz CT molecular complexity index is 1070. The molecule has 3 N–H and O–H groups in total. The number of amides is 2. The van der Waals surface area contributed by atoms with Gasteiger partial charge in [-0.25, -0.2) is 9.65 Å². The second kappa shape index (κ2) is 18.1. The van der Waals surface area contributed by atoms with Crippen molar-refractivity contribution in [1.82, 2.24) is 15.7 Å². The van der Waals surface area contributed by atoms with E-state index >= 15 is 0 Å². The van der Waals surface area contributed by atoms with Gasteiger partial charge < -0.3 is 20.1 Å². The van der Waals surface area contributed by atoms with Gasteiger partial charge in [-0.3, -0.25) is 42.6 Å². The van der Waals surface area contributed by atoms with Crippen LogP contribution in [-0.2, 0) is 56.6 Å². The van der Waals surface area contributed by atoms with Crippen molar-refractivity contribution in [3.05, 3.63) is 0 Å². The van der Waals surface area contributed by atoms with Gasteiger partial charge in [-0.1, -0.05) is 25.6 Å². The van der Waals surface area contributed by atoms with E-state index in [0.29, 0.717) is 0 Å². The average molecular weight is 638 g/mol. The number of thioether (sulfide) groups is 1. The van der Waals surface area contributed by atoms with Crippen LogP contribution in [0.25, 0.3) is 0 Å². The zero-order valence-electron chi connectivity index (χ0n) is 24.5. The predicted octanol–water partition coefficient (Wildman–Crippen LogP) is 0.831. The van der Waals surface area contributed by atoms with Crippen LogP contribution in [0.5, 0.6) is 0 Å². The average Bonchev–Trinajstić information content (AvgIpc) is 2.91. The van der Waals surface area contributed by atoms with Crippen LogP contribution in [0.1, 0.15) is 59.8 Å². The van der Waals surface area contributed by atoms with Crippen molar-refractivity contribution in [2.75, 3.05) is 39.2 Å². The highest BCUT2D eigenvalue weighted by molar-refractivity contribution is 8.13. The van der Waals surface area contributed by atoms with Gasteiger partial charge in [0.15, 0.2) is 11.2 Å². The summed E-state index contributed by atoms with van der Waals surface area (Å²) in [5, 5.41) is 7.12. The number of nitrogens with one attached hydrogen (secondary N) is 3. The van der Waals surface area contributed by atoms with E-state index in [9.17, 15) is 38.1 Å². The van der Waals surface area contributed by atoms with Crippen molar-refractivity contribution in [2.45, 2.75) is 71.9 Å². The van der Waals surface area contributed by atoms with Crippen molar-refractivity contribution >= 4 is 59.9 Å². The maximum absolute atomic E-state index is 12.9. The molecule has 2 amide bonds. The third-order valence-corrected chi connectivity index (χ3v) is 8.23. The second-order valence-corrected chi connectivity index (χ2v) is 12.8. The van der Waals surface area contributed by atoms with E-state index in [1.54, 1.807) is 20.8 Å². The fraction of sp³-hybridized carbons (Fsp3) is 0.720. The Morgan fingerprint density at radius 2 is 1.69 bits per heavy atom. The molecule has 0 spiro atoms. The molecule has 1 heterocycles. The lowest BCUT2D eigenvalue weighted by atomic mass is 9.87. The molecular weight excluding hydrogens is 597 g/mol. The quantitative estimate of drug-likeness (QED) is 0.0823. The van der Waals surface area contributed by atoms with Crippen molar-refractivity contribution < 1.29 is 56.6 Å². The van der Waals surface area contributed by atoms with Gasteiger partial charge in [-0.2, -0.15) is 0 Å². The summed E-state index contributed by atoms with van der Waals surface area (Å²) in [6, 6.07) is -1.01. The molecule has 1 unspecified atom stereocenters. The molecule has 1 aliphatic rings. The number of rotatable bonds is 18. The Balaban J connectivity index is 2.33. The van der Waals surface area contributed by atoms with Gasteiger partial charge >= 0.3 is 19.7 Å². The molecule has 1 aliphatic heterocycles. The first-order valence-corrected chi connectivity index (χ1v) is 15.8. The summed E-state index contributed by atoms with van der Waals surface area (Å²) in [7, 11) is -2.84. The number of ketones is 2. The standard InChI is InChI=1S/C25H40N3O12PS/c1-6-38-20(32)8-7-17(29)13-18(30)14-21(33)42-12-11-26-19(31)9-10-27-23(34)22-25(3,4)15-39-41(36,40-22)28-16(2)24(35)37-5/h16,22H,6-15H2,1-5H3,(H,26,31)(H,27,34)(H,28,36)/t16-,22-,41?/m0/s1. The molecule has 0 aliphatic carbocycles. The third kappa shape index (κ3) is 14.0. The molecule has 0 radical (unpaired) electrons. The van der Waals surface area contributed by atoms with E-state index in [1.165, 1.54) is 14.0 Å². The summed E-state index contributed by atoms with van der Waals surface area (Å²) < 4.78 is 33.0. The van der Waals surface area contributed by atoms with E-state index < -0.39 is 78.6 Å². The Hall–Kier alpha value is -2.65. The molecular formula is C25H40N3O12PS. The summed E-state index contributed by atoms with van der Waals surface area (Å²) >= 11 is 0.834. The molecule has 15 nitrogen and oxygen atoms in total. The molecule has 3 atom stereocenters. The van der Waals surface area contributed by atoms with Crippen LogP contribution in [0.3, 0.4) is 0 Å². The van der Waals surface area contributed by atoms with Gasteiger partial charge in [0.1, 0.15) is 17.6 Å². The van der Waals surface area contributed by atoms with Crippen molar-refractivity contribution in [1.29, 1.82) is 0 Å². The number of carbonyl (C=O) groups excluding carboxylic acids is 7. The molecule has 0 aromatic heterocycles. The minimum absolute atomic E-state index is 0.0530. The van der Waals surface area contributed by atoms with E-state index in [-0.39, 0.29) is 51.3 Å². The molecule has 238 valence electrons. The molecule has 17 heteroatoms. The molecule has 1 saturated heterocycles. The van der Waals surface area contributed by atoms with Crippen LogP contribution in [0.2, 0.25) is 0 Å². The summed E-state index contributed by atoms with van der Waals surface area (Å²) in [4.78, 5) is 83.4. The van der Waals surface area contributed by atoms with Gasteiger partial charge in [-0.15, -0.1) is 0 Å². The Morgan fingerprint density at radius 3 is 2.33 bits per heavy atom. The molecule has 0 bridgehead atoms. The smallest absolute Gasteiger partial charge is 0.407 e. The molecule has 0 aromatic rings. The second-order valence-electron chi connectivity index (χ2n) is 9.97. The molecule has 0 saturated carbocycles. The van der Waals surface area contributed by atoms with Gasteiger partial charge in [0.2, 0.25) is 11.8 Å². The predicted molar refractivity (Wildman–Crippen MR) is 150 cm³/mol. The van der Waals surface area contributed by atoms with Crippen molar-refractivity contribution in [2.24, 2.45) is 5.41 Å². The number of hydrogen-bond donors (Lipinski definition) is 3. The van der Waals surface area contributed by atoms with Gasteiger partial charge in [-0.05, 0) is 13.8 Å². The maximum Gasteiger partial charge on any atom is 0.407 e. The minimum atomic E-state index is -4.01. The minimum Gasteiger partial charge on any atom is -0.468 e. The molecule has 0 aromatic carbocycles. The number of hydrogen-bond acceptors (Lipinski definition) is 13. The fourth-order valence-electron chi connectivity index (χ4n) is 3.47. The Labute approximate surface area is 248 Å². The van der Waals surface area contributed by atoms with Crippen LogP contribution in [-0.4, -0.2) is 91.7 Å². The first-order valence-electron chi connectivity index (χ1n) is 13.3. The normalized spacial score (nSPS) is 20.1. The number of ether oxygens (including phenoxy) is 2. The largest absolute Gasteiger partial charge is 0.468 e. The monoisotopic (exact) mass is 637 g/mol. The molecule has 1 fully saturated rings. The first kappa shape index (κ1) is 37.4. The zero-order chi connectivity index (χ0) is 31.9. The van der Waals surface area contributed by atoms with E-state index in [0.717, 1.165) is 11.8 Å². The summed E-state index contributed by atoms with van der Waals surface area (Å²) in [6.45, 7) is 6.56. The highest BCUT2D eigenvalue weighted by atomic mass is 32.2. The summed E-state index contributed by atoms with van der Waals surface area (Å²) in [5.74, 6) is -3.05. The lowest BCUT2D eigenvalue weighted by Gasteiger charge is -2.40.